The molecule has 0 unspecified atom stereocenters. The van der Waals surface area contributed by atoms with Crippen molar-refractivity contribution < 1.29 is 4.79 Å². The topological polar surface area (TPSA) is 46.9 Å². The van der Waals surface area contributed by atoms with Crippen LogP contribution in [-0.4, -0.2) is 15.7 Å². The monoisotopic (exact) mass is 327 g/mol. The summed E-state index contributed by atoms with van der Waals surface area (Å²) in [7, 11) is 0. The van der Waals surface area contributed by atoms with Gasteiger partial charge in [-0.2, -0.15) is 5.10 Å². The van der Waals surface area contributed by atoms with E-state index in [1.807, 2.05) is 12.1 Å². The lowest BCUT2D eigenvalue weighted by molar-refractivity contribution is -0.122. The fourth-order valence-electron chi connectivity index (χ4n) is 1.46. The van der Waals surface area contributed by atoms with Crippen molar-refractivity contribution >= 4 is 33.4 Å². The quantitative estimate of drug-likeness (QED) is 0.938. The van der Waals surface area contributed by atoms with E-state index in [0.29, 0.717) is 11.6 Å². The Morgan fingerprint density at radius 2 is 2.33 bits per heavy atom. The summed E-state index contributed by atoms with van der Waals surface area (Å²) in [6.07, 6.45) is 3.38. The van der Waals surface area contributed by atoms with Crippen LogP contribution in [0.4, 0.5) is 0 Å². The summed E-state index contributed by atoms with van der Waals surface area (Å²) in [6.45, 7) is 0.618. The van der Waals surface area contributed by atoms with Crippen molar-refractivity contribution in [3.05, 3.63) is 51.7 Å². The number of aromatic nitrogens is 2. The summed E-state index contributed by atoms with van der Waals surface area (Å²) in [4.78, 5) is 11.6. The van der Waals surface area contributed by atoms with Crippen LogP contribution in [0.3, 0.4) is 0 Å². The molecule has 1 N–H and O–H groups in total. The fourth-order valence-corrected chi connectivity index (χ4v) is 2.20. The molecule has 1 aromatic carbocycles. The Labute approximate surface area is 118 Å². The van der Waals surface area contributed by atoms with E-state index in [9.17, 15) is 4.79 Å². The molecule has 1 aromatic heterocycles. The third-order valence-electron chi connectivity index (χ3n) is 2.36. The van der Waals surface area contributed by atoms with Gasteiger partial charge in [0.2, 0.25) is 5.91 Å². The van der Waals surface area contributed by atoms with E-state index in [1.54, 1.807) is 29.2 Å². The lowest BCUT2D eigenvalue weighted by Gasteiger charge is -2.07. The Bertz CT molecular complexity index is 542. The largest absolute Gasteiger partial charge is 0.350 e. The molecule has 0 fully saturated rings. The predicted molar refractivity (Wildman–Crippen MR) is 73.2 cm³/mol. The van der Waals surface area contributed by atoms with Crippen LogP contribution in [0.5, 0.6) is 0 Å². The molecular formula is C12H11BrClN3O. The van der Waals surface area contributed by atoms with Gasteiger partial charge in [0, 0.05) is 28.4 Å². The third kappa shape index (κ3) is 3.58. The van der Waals surface area contributed by atoms with Gasteiger partial charge in [0.15, 0.2) is 0 Å². The van der Waals surface area contributed by atoms with Crippen molar-refractivity contribution in [3.8, 4) is 0 Å². The number of halogens is 2. The number of carbonyl (C=O) groups is 1. The highest BCUT2D eigenvalue weighted by molar-refractivity contribution is 9.10. The first kappa shape index (κ1) is 13.1. The number of hydrogen-bond donors (Lipinski definition) is 1. The number of hydrogen-bond acceptors (Lipinski definition) is 2. The third-order valence-corrected chi connectivity index (χ3v) is 3.20. The summed E-state index contributed by atoms with van der Waals surface area (Å²) in [6, 6.07) is 7.34. The van der Waals surface area contributed by atoms with Gasteiger partial charge in [0.05, 0.1) is 0 Å². The normalized spacial score (nSPS) is 10.3. The molecule has 0 aliphatic heterocycles. The van der Waals surface area contributed by atoms with Crippen LogP contribution in [0.25, 0.3) is 0 Å². The second-order valence-corrected chi connectivity index (χ2v) is 5.04. The second kappa shape index (κ2) is 6.02. The number of rotatable bonds is 4. The first-order valence-corrected chi connectivity index (χ1v) is 6.50. The average molecular weight is 329 g/mol. The minimum atomic E-state index is -0.0994. The molecule has 0 saturated carbocycles. The number of amides is 1. The molecule has 2 aromatic rings. The summed E-state index contributed by atoms with van der Waals surface area (Å²) >= 11 is 9.39. The maximum Gasteiger partial charge on any atom is 0.241 e. The Morgan fingerprint density at radius 1 is 1.50 bits per heavy atom. The summed E-state index contributed by atoms with van der Waals surface area (Å²) < 4.78 is 2.48. The Morgan fingerprint density at radius 3 is 3.00 bits per heavy atom. The number of benzene rings is 1. The van der Waals surface area contributed by atoms with E-state index in [2.05, 4.69) is 26.3 Å². The van der Waals surface area contributed by atoms with E-state index >= 15 is 0 Å². The van der Waals surface area contributed by atoms with Crippen LogP contribution >= 0.6 is 27.5 Å². The molecule has 1 heterocycles. The maximum absolute atomic E-state index is 11.6. The van der Waals surface area contributed by atoms with E-state index in [4.69, 9.17) is 11.6 Å². The molecule has 1 amide bonds. The van der Waals surface area contributed by atoms with E-state index < -0.39 is 0 Å². The molecule has 0 bridgehead atoms. The fraction of sp³-hybridized carbons (Fsp3) is 0.167. The molecule has 0 radical (unpaired) electrons. The molecular weight excluding hydrogens is 318 g/mol. The first-order chi connectivity index (χ1) is 8.65. The number of nitrogens with zero attached hydrogens (tertiary/aromatic N) is 2. The molecule has 0 aliphatic rings. The molecule has 4 nitrogen and oxygen atoms in total. The highest BCUT2D eigenvalue weighted by Gasteiger charge is 2.05. The SMILES string of the molecule is O=C(Cn1cccn1)NCc1ccc(Br)cc1Cl. The second-order valence-electron chi connectivity index (χ2n) is 3.72. The molecule has 0 saturated heterocycles. The van der Waals surface area contributed by atoms with Gasteiger partial charge in [-0.3, -0.25) is 9.48 Å². The predicted octanol–water partition coefficient (Wildman–Crippen LogP) is 2.62. The van der Waals surface area contributed by atoms with E-state index in [0.717, 1.165) is 10.0 Å². The molecule has 18 heavy (non-hydrogen) atoms. The van der Waals surface area contributed by atoms with Crippen molar-refractivity contribution in [1.82, 2.24) is 15.1 Å². The average Bonchev–Trinajstić information content (AvgIpc) is 2.80. The van der Waals surface area contributed by atoms with Gasteiger partial charge in [-0.25, -0.2) is 0 Å². The van der Waals surface area contributed by atoms with Gasteiger partial charge < -0.3 is 5.32 Å². The maximum atomic E-state index is 11.6. The highest BCUT2D eigenvalue weighted by Crippen LogP contribution is 2.21. The lowest BCUT2D eigenvalue weighted by atomic mass is 10.2. The standard InChI is InChI=1S/C12H11BrClN3O/c13-10-3-2-9(11(14)6-10)7-15-12(18)8-17-5-1-4-16-17/h1-6H,7-8H2,(H,15,18). The van der Waals surface area contributed by atoms with Crippen LogP contribution in [0, 0.1) is 0 Å². The van der Waals surface area contributed by atoms with Crippen molar-refractivity contribution in [3.63, 3.8) is 0 Å². The van der Waals surface area contributed by atoms with Crippen molar-refractivity contribution in [2.45, 2.75) is 13.1 Å². The molecule has 94 valence electrons. The number of nitrogens with one attached hydrogen (secondary N) is 1. The Hall–Kier alpha value is -1.33. The van der Waals surface area contributed by atoms with E-state index in [1.165, 1.54) is 0 Å². The van der Waals surface area contributed by atoms with Gasteiger partial charge in [-0.15, -0.1) is 0 Å². The van der Waals surface area contributed by atoms with Gasteiger partial charge in [-0.05, 0) is 23.8 Å². The molecule has 0 atom stereocenters. The Kier molecular flexibility index (Phi) is 4.38. The van der Waals surface area contributed by atoms with Crippen LogP contribution in [-0.2, 0) is 17.9 Å². The zero-order chi connectivity index (χ0) is 13.0. The van der Waals surface area contributed by atoms with Crippen LogP contribution in [0.15, 0.2) is 41.1 Å². The molecule has 0 spiro atoms. The van der Waals surface area contributed by atoms with Gasteiger partial charge in [-0.1, -0.05) is 33.6 Å². The zero-order valence-corrected chi connectivity index (χ0v) is 11.8. The smallest absolute Gasteiger partial charge is 0.241 e. The molecule has 0 aliphatic carbocycles. The Balaban J connectivity index is 1.89. The van der Waals surface area contributed by atoms with Gasteiger partial charge in [0.1, 0.15) is 6.54 Å². The van der Waals surface area contributed by atoms with Crippen molar-refractivity contribution in [2.75, 3.05) is 0 Å². The minimum Gasteiger partial charge on any atom is -0.350 e. The molecule has 6 heteroatoms. The van der Waals surface area contributed by atoms with Gasteiger partial charge in [0.25, 0.3) is 0 Å². The van der Waals surface area contributed by atoms with Crippen LogP contribution in [0.2, 0.25) is 5.02 Å². The highest BCUT2D eigenvalue weighted by atomic mass is 79.9. The number of carbonyl (C=O) groups excluding carboxylic acids is 1. The van der Waals surface area contributed by atoms with Crippen molar-refractivity contribution in [1.29, 1.82) is 0 Å². The lowest BCUT2D eigenvalue weighted by Crippen LogP contribution is -2.27. The van der Waals surface area contributed by atoms with Crippen LogP contribution < -0.4 is 5.32 Å². The summed E-state index contributed by atoms with van der Waals surface area (Å²) in [5, 5.41) is 7.39. The van der Waals surface area contributed by atoms with E-state index in [-0.39, 0.29) is 12.5 Å². The van der Waals surface area contributed by atoms with Crippen LogP contribution in [0.1, 0.15) is 5.56 Å². The summed E-state index contributed by atoms with van der Waals surface area (Å²) in [5.74, 6) is -0.0994. The van der Waals surface area contributed by atoms with Gasteiger partial charge >= 0.3 is 0 Å². The first-order valence-electron chi connectivity index (χ1n) is 5.33. The van der Waals surface area contributed by atoms with Crippen molar-refractivity contribution in [2.24, 2.45) is 0 Å². The minimum absolute atomic E-state index is 0.0994. The molecule has 2 rings (SSSR count). The summed E-state index contributed by atoms with van der Waals surface area (Å²) in [5.41, 5.74) is 0.883. The zero-order valence-electron chi connectivity index (χ0n) is 9.44.